The first-order valence-corrected chi connectivity index (χ1v) is 5.32. The third-order valence-corrected chi connectivity index (χ3v) is 2.43. The van der Waals surface area contributed by atoms with Crippen LogP contribution in [-0.2, 0) is 0 Å². The molecule has 17 heavy (non-hydrogen) atoms. The Morgan fingerprint density at radius 1 is 1.47 bits per heavy atom. The molecule has 0 heterocycles. The number of halogens is 1. The lowest BCUT2D eigenvalue weighted by atomic mass is 10.1. The summed E-state index contributed by atoms with van der Waals surface area (Å²) in [6, 6.07) is 4.76. The molecule has 1 aromatic carbocycles. The molecule has 0 fully saturated rings. The van der Waals surface area contributed by atoms with Gasteiger partial charge in [-0.2, -0.15) is 0 Å². The van der Waals surface area contributed by atoms with E-state index in [1.165, 1.54) is 6.07 Å². The summed E-state index contributed by atoms with van der Waals surface area (Å²) in [7, 11) is 0. The number of amides is 1. The van der Waals surface area contributed by atoms with Crippen molar-refractivity contribution in [2.24, 2.45) is 0 Å². The molecule has 5 heteroatoms. The maximum Gasteiger partial charge on any atom is 0.405 e. The van der Waals surface area contributed by atoms with Gasteiger partial charge in [-0.05, 0) is 32.9 Å². The molecule has 0 saturated heterocycles. The number of carbonyl (C=O) groups is 1. The molecular formula is C12H17FN2O2. The zero-order valence-corrected chi connectivity index (χ0v) is 10.2. The van der Waals surface area contributed by atoms with Crippen LogP contribution in [-0.4, -0.2) is 23.3 Å². The quantitative estimate of drug-likeness (QED) is 0.758. The predicted octanol–water partition coefficient (Wildman–Crippen LogP) is 2.59. The largest absolute Gasteiger partial charge is 0.465 e. The molecule has 1 amide bonds. The zero-order chi connectivity index (χ0) is 13.1. The molecule has 0 aliphatic rings. The van der Waals surface area contributed by atoms with Crippen molar-refractivity contribution in [3.05, 3.63) is 29.6 Å². The van der Waals surface area contributed by atoms with E-state index in [9.17, 15) is 9.18 Å². The molecule has 0 aliphatic carbocycles. The van der Waals surface area contributed by atoms with Gasteiger partial charge in [0.15, 0.2) is 0 Å². The van der Waals surface area contributed by atoms with E-state index in [0.717, 1.165) is 0 Å². The zero-order valence-electron chi connectivity index (χ0n) is 10.2. The summed E-state index contributed by atoms with van der Waals surface area (Å²) >= 11 is 0. The van der Waals surface area contributed by atoms with E-state index in [4.69, 9.17) is 5.11 Å². The van der Waals surface area contributed by atoms with Gasteiger partial charge in [-0.25, -0.2) is 9.18 Å². The fourth-order valence-corrected chi connectivity index (χ4v) is 1.45. The minimum absolute atomic E-state index is 0.279. The molecule has 0 bridgehead atoms. The molecule has 0 spiro atoms. The van der Waals surface area contributed by atoms with Crippen molar-refractivity contribution >= 4 is 11.8 Å². The van der Waals surface area contributed by atoms with Crippen LogP contribution in [0, 0.1) is 12.7 Å². The number of benzene rings is 1. The average Bonchev–Trinajstić information content (AvgIpc) is 2.18. The summed E-state index contributed by atoms with van der Waals surface area (Å²) in [4.78, 5) is 10.5. The van der Waals surface area contributed by atoms with Crippen LogP contribution >= 0.6 is 0 Å². The van der Waals surface area contributed by atoms with E-state index in [2.05, 4.69) is 10.6 Å². The Labute approximate surface area is 99.8 Å². The smallest absolute Gasteiger partial charge is 0.405 e. The SMILES string of the molecule is Cc1c(F)cccc1NCC(C)(C)NC(=O)O. The van der Waals surface area contributed by atoms with Gasteiger partial charge in [-0.3, -0.25) is 0 Å². The summed E-state index contributed by atoms with van der Waals surface area (Å²) < 4.78 is 13.3. The first-order chi connectivity index (χ1) is 7.82. The van der Waals surface area contributed by atoms with Crippen molar-refractivity contribution in [2.45, 2.75) is 26.3 Å². The maximum atomic E-state index is 13.3. The van der Waals surface area contributed by atoms with E-state index in [-0.39, 0.29) is 5.82 Å². The van der Waals surface area contributed by atoms with Crippen molar-refractivity contribution < 1.29 is 14.3 Å². The van der Waals surface area contributed by atoms with E-state index >= 15 is 0 Å². The van der Waals surface area contributed by atoms with Crippen LogP contribution in [0.15, 0.2) is 18.2 Å². The molecule has 0 radical (unpaired) electrons. The minimum Gasteiger partial charge on any atom is -0.465 e. The Hall–Kier alpha value is -1.78. The molecule has 0 aliphatic heterocycles. The fraction of sp³-hybridized carbons (Fsp3) is 0.417. The first kappa shape index (κ1) is 13.3. The van der Waals surface area contributed by atoms with Gasteiger partial charge in [0.1, 0.15) is 5.82 Å². The second-order valence-corrected chi connectivity index (χ2v) is 4.58. The number of nitrogens with one attached hydrogen (secondary N) is 2. The third-order valence-electron chi connectivity index (χ3n) is 2.43. The van der Waals surface area contributed by atoms with Gasteiger partial charge in [-0.1, -0.05) is 6.07 Å². The van der Waals surface area contributed by atoms with Gasteiger partial charge >= 0.3 is 6.09 Å². The van der Waals surface area contributed by atoms with Gasteiger partial charge in [0, 0.05) is 17.8 Å². The normalized spacial score (nSPS) is 11.1. The summed E-state index contributed by atoms with van der Waals surface area (Å²) in [5.41, 5.74) is 0.578. The molecule has 0 atom stereocenters. The highest BCUT2D eigenvalue weighted by molar-refractivity contribution is 5.65. The number of hydrogen-bond donors (Lipinski definition) is 3. The number of rotatable bonds is 4. The van der Waals surface area contributed by atoms with E-state index in [0.29, 0.717) is 17.8 Å². The fourth-order valence-electron chi connectivity index (χ4n) is 1.45. The summed E-state index contributed by atoms with van der Waals surface area (Å²) in [5, 5.41) is 14.1. The Balaban J connectivity index is 2.67. The van der Waals surface area contributed by atoms with Crippen molar-refractivity contribution in [1.29, 1.82) is 0 Å². The van der Waals surface area contributed by atoms with Gasteiger partial charge in [0.25, 0.3) is 0 Å². The van der Waals surface area contributed by atoms with Crippen molar-refractivity contribution in [2.75, 3.05) is 11.9 Å². The van der Waals surface area contributed by atoms with Crippen molar-refractivity contribution in [3.63, 3.8) is 0 Å². The van der Waals surface area contributed by atoms with Crippen LogP contribution in [0.1, 0.15) is 19.4 Å². The lowest BCUT2D eigenvalue weighted by Gasteiger charge is -2.25. The van der Waals surface area contributed by atoms with Crippen LogP contribution in [0.25, 0.3) is 0 Å². The maximum absolute atomic E-state index is 13.3. The highest BCUT2D eigenvalue weighted by atomic mass is 19.1. The molecule has 94 valence electrons. The van der Waals surface area contributed by atoms with Crippen LogP contribution in [0.4, 0.5) is 14.9 Å². The second-order valence-electron chi connectivity index (χ2n) is 4.58. The highest BCUT2D eigenvalue weighted by Crippen LogP contribution is 2.18. The molecule has 3 N–H and O–H groups in total. The Morgan fingerprint density at radius 2 is 2.12 bits per heavy atom. The molecular weight excluding hydrogens is 223 g/mol. The van der Waals surface area contributed by atoms with Crippen LogP contribution < -0.4 is 10.6 Å². The van der Waals surface area contributed by atoms with E-state index in [1.807, 2.05) is 0 Å². The highest BCUT2D eigenvalue weighted by Gasteiger charge is 2.20. The first-order valence-electron chi connectivity index (χ1n) is 5.32. The van der Waals surface area contributed by atoms with Gasteiger partial charge < -0.3 is 15.7 Å². The molecule has 1 aromatic rings. The monoisotopic (exact) mass is 240 g/mol. The van der Waals surface area contributed by atoms with Crippen molar-refractivity contribution in [1.82, 2.24) is 5.32 Å². The van der Waals surface area contributed by atoms with E-state index < -0.39 is 11.6 Å². The summed E-state index contributed by atoms with van der Waals surface area (Å²) in [6.07, 6.45) is -1.08. The van der Waals surface area contributed by atoms with Gasteiger partial charge in [0.05, 0.1) is 5.54 Å². The van der Waals surface area contributed by atoms with Crippen molar-refractivity contribution in [3.8, 4) is 0 Å². The van der Waals surface area contributed by atoms with Gasteiger partial charge in [0.2, 0.25) is 0 Å². The van der Waals surface area contributed by atoms with Crippen LogP contribution in [0.2, 0.25) is 0 Å². The average molecular weight is 240 g/mol. The van der Waals surface area contributed by atoms with Crippen LogP contribution in [0.5, 0.6) is 0 Å². The second kappa shape index (κ2) is 5.03. The Bertz CT molecular complexity index is 419. The number of hydrogen-bond acceptors (Lipinski definition) is 2. The number of carboxylic acid groups (broad SMARTS) is 1. The Morgan fingerprint density at radius 3 is 2.71 bits per heavy atom. The number of anilines is 1. The third kappa shape index (κ3) is 3.94. The van der Waals surface area contributed by atoms with E-state index in [1.54, 1.807) is 32.9 Å². The molecule has 1 rings (SSSR count). The standard InChI is InChI=1S/C12H17FN2O2/c1-8-9(13)5-4-6-10(8)14-7-12(2,3)15-11(16)17/h4-6,14-15H,7H2,1-3H3,(H,16,17). The molecule has 0 saturated carbocycles. The lowest BCUT2D eigenvalue weighted by Crippen LogP contribution is -2.47. The molecule has 0 aromatic heterocycles. The summed E-state index contributed by atoms with van der Waals surface area (Å²) in [6.45, 7) is 5.56. The molecule has 4 nitrogen and oxygen atoms in total. The minimum atomic E-state index is -1.08. The summed E-state index contributed by atoms with van der Waals surface area (Å²) in [5.74, 6) is -0.279. The van der Waals surface area contributed by atoms with Gasteiger partial charge in [-0.15, -0.1) is 0 Å². The topological polar surface area (TPSA) is 61.4 Å². The predicted molar refractivity (Wildman–Crippen MR) is 64.9 cm³/mol. The van der Waals surface area contributed by atoms with Crippen LogP contribution in [0.3, 0.4) is 0 Å². The Kier molecular flexibility index (Phi) is 3.93. The molecule has 0 unspecified atom stereocenters. The lowest BCUT2D eigenvalue weighted by molar-refractivity contribution is 0.183.